The molecule has 0 aliphatic carbocycles. The number of benzene rings is 1. The quantitative estimate of drug-likeness (QED) is 0.658. The highest BCUT2D eigenvalue weighted by atomic mass is 16.4. The van der Waals surface area contributed by atoms with Gasteiger partial charge in [0.1, 0.15) is 6.04 Å². The average molecular weight is 319 g/mol. The number of hydrogen-bond donors (Lipinski definition) is 1. The number of quaternary nitrogens is 1. The fourth-order valence-electron chi connectivity index (χ4n) is 4.03. The van der Waals surface area contributed by atoms with Crippen molar-refractivity contribution in [2.24, 2.45) is 0 Å². The Morgan fingerprint density at radius 1 is 1.26 bits per heavy atom. The van der Waals surface area contributed by atoms with Crippen molar-refractivity contribution in [1.29, 1.82) is 0 Å². The fraction of sp³-hybridized carbons (Fsp3) is 0.471. The summed E-state index contributed by atoms with van der Waals surface area (Å²) in [6.07, 6.45) is -1.71. The summed E-state index contributed by atoms with van der Waals surface area (Å²) in [5.74, 6) is -2.04. The van der Waals surface area contributed by atoms with Gasteiger partial charge in [-0.3, -0.25) is 4.79 Å². The van der Waals surface area contributed by atoms with E-state index in [9.17, 15) is 24.6 Å². The van der Waals surface area contributed by atoms with E-state index < -0.39 is 39.4 Å². The zero-order chi connectivity index (χ0) is 17.6. The van der Waals surface area contributed by atoms with Gasteiger partial charge >= 0.3 is 5.97 Å². The van der Waals surface area contributed by atoms with Crippen molar-refractivity contribution < 1.29 is 29.1 Å². The van der Waals surface area contributed by atoms with E-state index in [1.54, 1.807) is 51.1 Å². The number of carboxylic acid groups (broad SMARTS) is 2. The van der Waals surface area contributed by atoms with Crippen LogP contribution < -0.4 is 5.11 Å². The third-order valence-corrected chi connectivity index (χ3v) is 5.04. The summed E-state index contributed by atoms with van der Waals surface area (Å²) in [4.78, 5) is 36.8. The molecular formula is C17H21NO5. The average Bonchev–Trinajstić information content (AvgIpc) is 2.70. The van der Waals surface area contributed by atoms with E-state index in [1.165, 1.54) is 6.92 Å². The summed E-state index contributed by atoms with van der Waals surface area (Å²) in [5.41, 5.74) is -2.54. The lowest BCUT2D eigenvalue weighted by Gasteiger charge is -2.54. The number of carbonyl (C=O) groups is 3. The molecule has 3 unspecified atom stereocenters. The van der Waals surface area contributed by atoms with E-state index >= 15 is 0 Å². The molecule has 0 radical (unpaired) electrons. The third kappa shape index (κ3) is 2.01. The molecular weight excluding hydrogens is 298 g/mol. The van der Waals surface area contributed by atoms with Crippen LogP contribution in [-0.2, 0) is 9.59 Å². The van der Waals surface area contributed by atoms with Gasteiger partial charge in [0.2, 0.25) is 5.78 Å². The number of rotatable bonds is 2. The summed E-state index contributed by atoms with van der Waals surface area (Å²) < 4.78 is -0.960. The van der Waals surface area contributed by atoms with Crippen LogP contribution in [0.5, 0.6) is 0 Å². The molecule has 1 N–H and O–H groups in total. The predicted octanol–water partition coefficient (Wildman–Crippen LogP) is 1.50. The number of carboxylic acids is 1. The molecule has 124 valence electrons. The molecule has 1 fully saturated rings. The molecule has 1 aromatic carbocycles. The van der Waals surface area contributed by atoms with E-state index in [1.807, 2.05) is 0 Å². The highest BCUT2D eigenvalue weighted by molar-refractivity contribution is 6.08. The van der Waals surface area contributed by atoms with Gasteiger partial charge in [0, 0.05) is 12.5 Å². The van der Waals surface area contributed by atoms with Crippen LogP contribution in [0.25, 0.3) is 0 Å². The third-order valence-electron chi connectivity index (χ3n) is 5.04. The Morgan fingerprint density at radius 2 is 1.78 bits per heavy atom. The molecule has 1 amide bonds. The summed E-state index contributed by atoms with van der Waals surface area (Å²) in [5, 5.41) is 22.0. The van der Waals surface area contributed by atoms with Crippen molar-refractivity contribution in [3.63, 3.8) is 0 Å². The smallest absolute Gasteiger partial charge is 0.374 e. The van der Waals surface area contributed by atoms with Gasteiger partial charge < -0.3 is 15.0 Å². The van der Waals surface area contributed by atoms with E-state index in [0.717, 1.165) is 0 Å². The maximum absolute atomic E-state index is 12.6. The lowest BCUT2D eigenvalue weighted by atomic mass is 9.87. The number of amides is 1. The number of aliphatic carboxylic acids is 1. The minimum atomic E-state index is -2.10. The van der Waals surface area contributed by atoms with Gasteiger partial charge in [-0.2, -0.15) is 0 Å². The number of hydrogen-bond acceptors (Lipinski definition) is 4. The van der Waals surface area contributed by atoms with E-state index in [4.69, 9.17) is 0 Å². The van der Waals surface area contributed by atoms with Gasteiger partial charge in [-0.25, -0.2) is 9.28 Å². The molecule has 0 saturated carbocycles. The van der Waals surface area contributed by atoms with Crippen LogP contribution in [0.3, 0.4) is 0 Å². The first kappa shape index (κ1) is 17.1. The van der Waals surface area contributed by atoms with Crippen molar-refractivity contribution in [2.45, 2.75) is 51.2 Å². The van der Waals surface area contributed by atoms with Crippen LogP contribution in [0.4, 0.5) is 4.79 Å². The normalized spacial score (nSPS) is 31.1. The lowest BCUT2D eigenvalue weighted by molar-refractivity contribution is -0.964. The highest BCUT2D eigenvalue weighted by Crippen LogP contribution is 2.53. The van der Waals surface area contributed by atoms with Crippen LogP contribution in [0.15, 0.2) is 30.3 Å². The van der Waals surface area contributed by atoms with Gasteiger partial charge in [-0.1, -0.05) is 30.3 Å². The number of nitrogens with zero attached hydrogens (tertiary/aromatic N) is 1. The molecule has 6 heteroatoms. The van der Waals surface area contributed by atoms with E-state index in [0.29, 0.717) is 5.56 Å². The topological polar surface area (TPSA) is 94.5 Å². The van der Waals surface area contributed by atoms with Gasteiger partial charge in [0.25, 0.3) is 11.6 Å². The summed E-state index contributed by atoms with van der Waals surface area (Å²) in [7, 11) is 0. The van der Waals surface area contributed by atoms with Gasteiger partial charge in [0.05, 0.1) is 12.0 Å². The number of Topliss-reactive ketones (excluding diaryl/α,β-unsaturated/α-hetero) is 1. The van der Waals surface area contributed by atoms with Crippen molar-refractivity contribution in [3.05, 3.63) is 35.9 Å². The predicted molar refractivity (Wildman–Crippen MR) is 80.3 cm³/mol. The molecule has 1 heterocycles. The van der Waals surface area contributed by atoms with Crippen molar-refractivity contribution in [3.8, 4) is 0 Å². The Morgan fingerprint density at radius 3 is 2.17 bits per heavy atom. The number of carbonyl (C=O) groups excluding carboxylic acids is 2. The largest absolute Gasteiger partial charge is 0.498 e. The highest BCUT2D eigenvalue weighted by Gasteiger charge is 2.73. The summed E-state index contributed by atoms with van der Waals surface area (Å²) in [6.45, 7) is 6.07. The number of likely N-dealkylation sites (tertiary alicyclic amines) is 1. The molecule has 6 nitrogen and oxygen atoms in total. The minimum Gasteiger partial charge on any atom is -0.498 e. The first-order valence-corrected chi connectivity index (χ1v) is 7.43. The Kier molecular flexibility index (Phi) is 3.85. The minimum absolute atomic E-state index is 0.155. The summed E-state index contributed by atoms with van der Waals surface area (Å²) in [6, 6.07) is 7.88. The van der Waals surface area contributed by atoms with Gasteiger partial charge in [-0.05, 0) is 20.8 Å². The number of ketones is 1. The monoisotopic (exact) mass is 319 g/mol. The van der Waals surface area contributed by atoms with Crippen molar-refractivity contribution >= 4 is 17.8 Å². The second-order valence-corrected chi connectivity index (χ2v) is 7.09. The Bertz CT molecular complexity index is 663. The molecule has 0 spiro atoms. The Balaban J connectivity index is 2.86. The van der Waals surface area contributed by atoms with Crippen molar-refractivity contribution in [1.82, 2.24) is 0 Å². The second kappa shape index (κ2) is 5.16. The van der Waals surface area contributed by atoms with Crippen molar-refractivity contribution in [2.75, 3.05) is 0 Å². The molecule has 23 heavy (non-hydrogen) atoms. The maximum Gasteiger partial charge on any atom is 0.374 e. The van der Waals surface area contributed by atoms with Crippen LogP contribution in [0.1, 0.15) is 45.7 Å². The SMILES string of the molecule is CC(C)(C)[N+]1(C(=O)[O-])C(c2ccccc2)CC(=O)C1(C)C(=O)O. The molecule has 2 rings (SSSR count). The first-order valence-electron chi connectivity index (χ1n) is 7.43. The Hall–Kier alpha value is -2.21. The zero-order valence-electron chi connectivity index (χ0n) is 13.7. The second-order valence-electron chi connectivity index (χ2n) is 7.09. The molecule has 1 aliphatic heterocycles. The van der Waals surface area contributed by atoms with Crippen LogP contribution in [-0.4, -0.2) is 38.5 Å². The fourth-order valence-corrected chi connectivity index (χ4v) is 4.03. The van der Waals surface area contributed by atoms with E-state index in [2.05, 4.69) is 0 Å². The molecule has 1 saturated heterocycles. The lowest BCUT2D eigenvalue weighted by Crippen LogP contribution is -2.78. The standard InChI is InChI=1S/C17H21NO5/c1-16(2,3)18(15(22)23)12(11-8-6-5-7-9-11)10-13(19)17(18,4)14(20)21/h5-9,12H,10H2,1-4H3,(H-,20,21,22,23). The maximum atomic E-state index is 12.6. The van der Waals surface area contributed by atoms with Gasteiger partial charge in [0.15, 0.2) is 0 Å². The molecule has 0 bridgehead atoms. The Labute approximate surface area is 134 Å². The van der Waals surface area contributed by atoms with Crippen LogP contribution in [0, 0.1) is 0 Å². The molecule has 1 aromatic rings. The zero-order valence-corrected chi connectivity index (χ0v) is 13.7. The van der Waals surface area contributed by atoms with Gasteiger partial charge in [-0.15, -0.1) is 0 Å². The molecule has 1 aliphatic rings. The molecule has 0 aromatic heterocycles. The molecule has 3 atom stereocenters. The van der Waals surface area contributed by atoms with E-state index in [-0.39, 0.29) is 6.42 Å². The first-order chi connectivity index (χ1) is 10.5. The summed E-state index contributed by atoms with van der Waals surface area (Å²) >= 11 is 0. The van der Waals surface area contributed by atoms with Crippen LogP contribution in [0.2, 0.25) is 0 Å². The van der Waals surface area contributed by atoms with Crippen LogP contribution >= 0.6 is 0 Å².